The highest BCUT2D eigenvalue weighted by Gasteiger charge is 2.07. The molecule has 0 atom stereocenters. The lowest BCUT2D eigenvalue weighted by molar-refractivity contribution is 0.768. The van der Waals surface area contributed by atoms with Gasteiger partial charge in [0.25, 0.3) is 0 Å². The molecule has 0 amide bonds. The molecule has 4 aromatic heterocycles. The maximum Gasteiger partial charge on any atom is 0.222 e. The second kappa shape index (κ2) is 9.52. The van der Waals surface area contributed by atoms with Crippen LogP contribution in [0.25, 0.3) is 16.6 Å². The topological polar surface area (TPSA) is 85.0 Å². The summed E-state index contributed by atoms with van der Waals surface area (Å²) >= 11 is 0. The number of fused-ring (bicyclic) bond motifs is 1. The molecule has 0 saturated carbocycles. The molecule has 33 heavy (non-hydrogen) atoms. The highest BCUT2D eigenvalue weighted by molar-refractivity contribution is 5.74. The molecule has 4 heterocycles. The van der Waals surface area contributed by atoms with Crippen LogP contribution in [0.4, 0.5) is 11.6 Å². The summed E-state index contributed by atoms with van der Waals surface area (Å²) in [5, 5.41) is 15.5. The monoisotopic (exact) mass is 438 g/mol. The van der Waals surface area contributed by atoms with Gasteiger partial charge in [0.05, 0.1) is 23.6 Å². The summed E-state index contributed by atoms with van der Waals surface area (Å²) in [6.45, 7) is 1.61. The van der Waals surface area contributed by atoms with Crippen molar-refractivity contribution in [1.29, 1.82) is 0 Å². The average Bonchev–Trinajstić information content (AvgIpc) is 3.46. The van der Waals surface area contributed by atoms with Crippen LogP contribution in [-0.2, 0) is 13.5 Å². The first-order valence-electron chi connectivity index (χ1n) is 11.0. The van der Waals surface area contributed by atoms with E-state index in [1.807, 2.05) is 66.9 Å². The molecule has 0 saturated heterocycles. The van der Waals surface area contributed by atoms with Gasteiger partial charge in [0.1, 0.15) is 0 Å². The van der Waals surface area contributed by atoms with Crippen molar-refractivity contribution in [3.05, 3.63) is 90.8 Å². The van der Waals surface area contributed by atoms with Crippen molar-refractivity contribution in [2.45, 2.75) is 12.8 Å². The number of rotatable bonds is 9. The predicted octanol–water partition coefficient (Wildman–Crippen LogP) is 4.03. The number of hydrogen-bond acceptors (Lipinski definition) is 6. The van der Waals surface area contributed by atoms with E-state index in [9.17, 15) is 0 Å². The Labute approximate surface area is 192 Å². The zero-order valence-corrected chi connectivity index (χ0v) is 18.5. The molecule has 0 aliphatic carbocycles. The third-order valence-corrected chi connectivity index (χ3v) is 5.46. The number of nitrogens with zero attached hydrogens (tertiary/aromatic N) is 6. The number of nitrogens with one attached hydrogen (secondary N) is 2. The average molecular weight is 439 g/mol. The minimum atomic E-state index is 0.658. The van der Waals surface area contributed by atoms with E-state index in [0.29, 0.717) is 5.95 Å². The molecule has 1 aromatic carbocycles. The molecule has 0 fully saturated rings. The highest BCUT2D eigenvalue weighted by Crippen LogP contribution is 2.23. The molecule has 0 unspecified atom stereocenters. The summed E-state index contributed by atoms with van der Waals surface area (Å²) in [5.41, 5.74) is 6.60. The summed E-state index contributed by atoms with van der Waals surface area (Å²) in [6, 6.07) is 14.5. The van der Waals surface area contributed by atoms with Gasteiger partial charge in [0, 0.05) is 62.5 Å². The molecule has 166 valence electrons. The Morgan fingerprint density at radius 1 is 0.758 bits per heavy atom. The molecule has 0 radical (unpaired) electrons. The van der Waals surface area contributed by atoms with E-state index in [1.54, 1.807) is 4.68 Å². The molecular weight excluding hydrogens is 412 g/mol. The minimum absolute atomic E-state index is 0.658. The van der Waals surface area contributed by atoms with Gasteiger partial charge in [-0.3, -0.25) is 4.68 Å². The van der Waals surface area contributed by atoms with Gasteiger partial charge in [-0.05, 0) is 23.6 Å². The van der Waals surface area contributed by atoms with E-state index in [4.69, 9.17) is 0 Å². The van der Waals surface area contributed by atoms with E-state index in [-0.39, 0.29) is 0 Å². The van der Waals surface area contributed by atoms with Gasteiger partial charge in [-0.15, -0.1) is 0 Å². The zero-order valence-electron chi connectivity index (χ0n) is 18.5. The van der Waals surface area contributed by atoms with Crippen LogP contribution in [0.2, 0.25) is 0 Å². The number of benzene rings is 1. The van der Waals surface area contributed by atoms with Crippen LogP contribution in [0.1, 0.15) is 17.5 Å². The van der Waals surface area contributed by atoms with Gasteiger partial charge < -0.3 is 10.6 Å². The van der Waals surface area contributed by atoms with Crippen molar-refractivity contribution in [1.82, 2.24) is 29.4 Å². The SMILES string of the molecule is Cn1cc(-c2ccc3c(NCCCNc4ncc(Cc5ccccc5)cn4)cnn3c2)cn1. The number of hydrogen-bond donors (Lipinski definition) is 2. The molecule has 8 heteroatoms. The lowest BCUT2D eigenvalue weighted by Gasteiger charge is -2.07. The van der Waals surface area contributed by atoms with Gasteiger partial charge >= 0.3 is 0 Å². The molecule has 0 aliphatic rings. The lowest BCUT2D eigenvalue weighted by atomic mass is 10.1. The van der Waals surface area contributed by atoms with Crippen LogP contribution in [0.3, 0.4) is 0 Å². The Kier molecular flexibility index (Phi) is 5.97. The molecule has 0 aliphatic heterocycles. The summed E-state index contributed by atoms with van der Waals surface area (Å²) in [5.74, 6) is 0.658. The van der Waals surface area contributed by atoms with E-state index in [1.165, 1.54) is 5.56 Å². The Morgan fingerprint density at radius 2 is 1.58 bits per heavy atom. The Hall–Kier alpha value is -4.20. The van der Waals surface area contributed by atoms with Crippen LogP contribution >= 0.6 is 0 Å². The maximum atomic E-state index is 4.49. The smallest absolute Gasteiger partial charge is 0.222 e. The second-order valence-electron chi connectivity index (χ2n) is 7.99. The van der Waals surface area contributed by atoms with Crippen LogP contribution in [-0.4, -0.2) is 42.5 Å². The van der Waals surface area contributed by atoms with Crippen molar-refractivity contribution in [3.8, 4) is 11.1 Å². The van der Waals surface area contributed by atoms with Gasteiger partial charge in [-0.25, -0.2) is 14.5 Å². The second-order valence-corrected chi connectivity index (χ2v) is 7.99. The first-order valence-corrected chi connectivity index (χ1v) is 11.0. The fourth-order valence-corrected chi connectivity index (χ4v) is 3.74. The molecule has 0 spiro atoms. The van der Waals surface area contributed by atoms with Crippen molar-refractivity contribution in [3.63, 3.8) is 0 Å². The third-order valence-electron chi connectivity index (χ3n) is 5.46. The van der Waals surface area contributed by atoms with Crippen LogP contribution in [0, 0.1) is 0 Å². The van der Waals surface area contributed by atoms with Gasteiger partial charge in [-0.2, -0.15) is 10.2 Å². The van der Waals surface area contributed by atoms with Crippen molar-refractivity contribution in [2.75, 3.05) is 23.7 Å². The molecule has 5 aromatic rings. The summed E-state index contributed by atoms with van der Waals surface area (Å²) in [4.78, 5) is 8.87. The fourth-order valence-electron chi connectivity index (χ4n) is 3.74. The Morgan fingerprint density at radius 3 is 2.36 bits per heavy atom. The lowest BCUT2D eigenvalue weighted by Crippen LogP contribution is -2.11. The maximum absolute atomic E-state index is 4.49. The first kappa shape index (κ1) is 20.7. The fraction of sp³-hybridized carbons (Fsp3) is 0.200. The largest absolute Gasteiger partial charge is 0.382 e. The summed E-state index contributed by atoms with van der Waals surface area (Å²) < 4.78 is 3.70. The Bertz CT molecular complexity index is 1320. The van der Waals surface area contributed by atoms with E-state index >= 15 is 0 Å². The van der Waals surface area contributed by atoms with E-state index in [0.717, 1.165) is 53.8 Å². The first-order chi connectivity index (χ1) is 16.2. The molecule has 8 nitrogen and oxygen atoms in total. The normalized spacial score (nSPS) is 11.1. The van der Waals surface area contributed by atoms with E-state index < -0.39 is 0 Å². The quantitative estimate of drug-likeness (QED) is 0.338. The standard InChI is InChI=1S/C25H26N8/c1-32-17-22(15-30-32)21-8-9-24-23(16-31-33(24)18-21)26-10-5-11-27-25-28-13-20(14-29-25)12-19-6-3-2-4-7-19/h2-4,6-9,13-18,26H,5,10-12H2,1H3,(H,27,28,29). The predicted molar refractivity (Wildman–Crippen MR) is 130 cm³/mol. The number of pyridine rings is 1. The number of anilines is 2. The van der Waals surface area contributed by atoms with Gasteiger partial charge in [0.15, 0.2) is 0 Å². The van der Waals surface area contributed by atoms with Crippen molar-refractivity contribution < 1.29 is 0 Å². The van der Waals surface area contributed by atoms with Crippen LogP contribution < -0.4 is 10.6 Å². The number of aryl methyl sites for hydroxylation is 1. The van der Waals surface area contributed by atoms with Crippen LogP contribution in [0.5, 0.6) is 0 Å². The minimum Gasteiger partial charge on any atom is -0.382 e. The molecule has 5 rings (SSSR count). The summed E-state index contributed by atoms with van der Waals surface area (Å²) in [6.07, 6.45) is 13.3. The van der Waals surface area contributed by atoms with Crippen molar-refractivity contribution >= 4 is 17.2 Å². The molecule has 0 bridgehead atoms. The van der Waals surface area contributed by atoms with Gasteiger partial charge in [0.2, 0.25) is 5.95 Å². The van der Waals surface area contributed by atoms with E-state index in [2.05, 4.69) is 55.1 Å². The van der Waals surface area contributed by atoms with Crippen LogP contribution in [0.15, 0.2) is 79.6 Å². The Balaban J connectivity index is 1.09. The third kappa shape index (κ3) is 5.01. The molecule has 2 N–H and O–H groups in total. The molecular formula is C25H26N8. The number of aromatic nitrogens is 6. The van der Waals surface area contributed by atoms with Crippen molar-refractivity contribution in [2.24, 2.45) is 7.05 Å². The summed E-state index contributed by atoms with van der Waals surface area (Å²) in [7, 11) is 1.92. The highest BCUT2D eigenvalue weighted by atomic mass is 15.2. The zero-order chi connectivity index (χ0) is 22.5. The van der Waals surface area contributed by atoms with Gasteiger partial charge in [-0.1, -0.05) is 36.4 Å².